The van der Waals surface area contributed by atoms with E-state index in [2.05, 4.69) is 26.9 Å². The highest BCUT2D eigenvalue weighted by atomic mass is 19.1. The topological polar surface area (TPSA) is 90.4 Å². The van der Waals surface area contributed by atoms with Gasteiger partial charge in [-0.15, -0.1) is 0 Å². The van der Waals surface area contributed by atoms with Gasteiger partial charge in [-0.05, 0) is 44.2 Å². The third kappa shape index (κ3) is 3.91. The van der Waals surface area contributed by atoms with Crippen LogP contribution < -0.4 is 5.32 Å². The summed E-state index contributed by atoms with van der Waals surface area (Å²) in [4.78, 5) is 37.7. The van der Waals surface area contributed by atoms with Crippen LogP contribution in [0.4, 0.5) is 10.2 Å². The Balaban J connectivity index is 1.79. The van der Waals surface area contributed by atoms with Crippen LogP contribution in [0.1, 0.15) is 35.7 Å². The number of fused-ring (bicyclic) bond motifs is 1. The van der Waals surface area contributed by atoms with Gasteiger partial charge < -0.3 is 15.2 Å². The maximum absolute atomic E-state index is 15.1. The highest BCUT2D eigenvalue weighted by Crippen LogP contribution is 2.34. The fourth-order valence-electron chi connectivity index (χ4n) is 3.65. The highest BCUT2D eigenvalue weighted by Gasteiger charge is 2.30. The number of halogens is 1. The fraction of sp³-hybridized carbons (Fsp3) is 0.250. The quantitative estimate of drug-likeness (QED) is 0.343. The number of hydrogen-bond donors (Lipinski definition) is 2. The molecule has 0 aliphatic heterocycles. The van der Waals surface area contributed by atoms with E-state index >= 15 is 4.39 Å². The molecule has 0 unspecified atom stereocenters. The van der Waals surface area contributed by atoms with Crippen LogP contribution in [0.15, 0.2) is 48.2 Å². The maximum atomic E-state index is 15.1. The van der Waals surface area contributed by atoms with Crippen LogP contribution in [0.2, 0.25) is 0 Å². The average molecular weight is 433 g/mol. The number of benzene rings is 1. The highest BCUT2D eigenvalue weighted by molar-refractivity contribution is 6.11. The molecule has 0 spiro atoms. The normalized spacial score (nSPS) is 13.8. The molecule has 1 aliphatic carbocycles. The number of H-pyrrole nitrogens is 1. The molecular weight excluding hydrogens is 409 g/mol. The van der Waals surface area contributed by atoms with Crippen molar-refractivity contribution in [3.8, 4) is 11.3 Å². The monoisotopic (exact) mass is 433 g/mol. The molecular formula is C24H24FN5O2. The number of carbonyl (C=O) groups excluding carboxylic acids is 2. The number of carbonyl (C=O) groups is 2. The lowest BCUT2D eigenvalue weighted by Gasteiger charge is -2.16. The van der Waals surface area contributed by atoms with Gasteiger partial charge in [-0.25, -0.2) is 9.37 Å². The van der Waals surface area contributed by atoms with E-state index in [0.717, 1.165) is 12.8 Å². The SMILES string of the molecule is C=CN(C)C(=NC)c1ccc(-c2cc3c(C(C)=O)cnc(NC(=O)C4CC4)c3[nH]2)c(F)c1. The number of rotatable bonds is 6. The van der Waals surface area contributed by atoms with Gasteiger partial charge in [-0.3, -0.25) is 14.6 Å². The number of aliphatic imine (C=N–C) groups is 1. The zero-order valence-corrected chi connectivity index (χ0v) is 18.2. The van der Waals surface area contributed by atoms with E-state index in [9.17, 15) is 9.59 Å². The zero-order valence-electron chi connectivity index (χ0n) is 18.2. The second-order valence-corrected chi connectivity index (χ2v) is 7.85. The molecule has 1 saturated carbocycles. The van der Waals surface area contributed by atoms with Crippen LogP contribution in [0.25, 0.3) is 22.2 Å². The van der Waals surface area contributed by atoms with Gasteiger partial charge in [-0.1, -0.05) is 12.6 Å². The maximum Gasteiger partial charge on any atom is 0.228 e. The third-order valence-corrected chi connectivity index (χ3v) is 5.57. The second kappa shape index (κ2) is 8.37. The molecule has 1 fully saturated rings. The molecule has 0 radical (unpaired) electrons. The van der Waals surface area contributed by atoms with Gasteiger partial charge in [-0.2, -0.15) is 0 Å². The van der Waals surface area contributed by atoms with Crippen molar-refractivity contribution in [2.75, 3.05) is 19.4 Å². The molecule has 2 heterocycles. The third-order valence-electron chi connectivity index (χ3n) is 5.57. The smallest absolute Gasteiger partial charge is 0.228 e. The number of hydrogen-bond acceptors (Lipinski definition) is 4. The molecule has 32 heavy (non-hydrogen) atoms. The van der Waals surface area contributed by atoms with Gasteiger partial charge in [0.25, 0.3) is 0 Å². The molecule has 1 aliphatic rings. The number of amides is 1. The van der Waals surface area contributed by atoms with Crippen LogP contribution in [0, 0.1) is 11.7 Å². The van der Waals surface area contributed by atoms with Crippen LogP contribution in [-0.4, -0.2) is 46.5 Å². The van der Waals surface area contributed by atoms with Gasteiger partial charge in [0.1, 0.15) is 11.7 Å². The number of pyridine rings is 1. The van der Waals surface area contributed by atoms with E-state index in [4.69, 9.17) is 0 Å². The van der Waals surface area contributed by atoms with Gasteiger partial charge in [0.2, 0.25) is 5.91 Å². The summed E-state index contributed by atoms with van der Waals surface area (Å²) >= 11 is 0. The Hall–Kier alpha value is -3.81. The number of aromatic nitrogens is 2. The molecule has 3 aromatic rings. The van der Waals surface area contributed by atoms with Crippen LogP contribution in [0.5, 0.6) is 0 Å². The molecule has 4 rings (SSSR count). The van der Waals surface area contributed by atoms with Gasteiger partial charge in [0, 0.05) is 54.0 Å². The minimum absolute atomic E-state index is 0.00174. The molecule has 7 nitrogen and oxygen atoms in total. The first-order chi connectivity index (χ1) is 15.3. The first kappa shape index (κ1) is 21.4. The van der Waals surface area contributed by atoms with Crippen LogP contribution in [-0.2, 0) is 4.79 Å². The molecule has 0 bridgehead atoms. The van der Waals surface area contributed by atoms with Gasteiger partial charge >= 0.3 is 0 Å². The van der Waals surface area contributed by atoms with E-state index in [0.29, 0.717) is 44.9 Å². The van der Waals surface area contributed by atoms with E-state index in [1.807, 2.05) is 0 Å². The average Bonchev–Trinajstić information content (AvgIpc) is 3.53. The van der Waals surface area contributed by atoms with Crippen molar-refractivity contribution in [1.29, 1.82) is 0 Å². The molecule has 8 heteroatoms. The zero-order chi connectivity index (χ0) is 23.0. The van der Waals surface area contributed by atoms with Crippen molar-refractivity contribution >= 4 is 34.2 Å². The molecule has 1 amide bonds. The first-order valence-corrected chi connectivity index (χ1v) is 10.3. The van der Waals surface area contributed by atoms with Crippen molar-refractivity contribution in [1.82, 2.24) is 14.9 Å². The molecule has 0 saturated heterocycles. The summed E-state index contributed by atoms with van der Waals surface area (Å²) < 4.78 is 15.1. The van der Waals surface area contributed by atoms with Crippen molar-refractivity contribution in [2.45, 2.75) is 19.8 Å². The lowest BCUT2D eigenvalue weighted by molar-refractivity contribution is -0.117. The summed E-state index contributed by atoms with van der Waals surface area (Å²) in [5.74, 6) is 0.197. The predicted octanol–water partition coefficient (Wildman–Crippen LogP) is 4.37. The summed E-state index contributed by atoms with van der Waals surface area (Å²) in [5, 5.41) is 3.41. The Morgan fingerprint density at radius 2 is 2.09 bits per heavy atom. The Bertz CT molecular complexity index is 1270. The van der Waals surface area contributed by atoms with Crippen molar-refractivity contribution in [3.63, 3.8) is 0 Å². The van der Waals surface area contributed by atoms with Crippen molar-refractivity contribution in [3.05, 3.63) is 60.2 Å². The number of ketones is 1. The molecule has 164 valence electrons. The summed E-state index contributed by atoms with van der Waals surface area (Å²) in [6, 6.07) is 6.54. The lowest BCUT2D eigenvalue weighted by Crippen LogP contribution is -2.21. The Kier molecular flexibility index (Phi) is 5.61. The first-order valence-electron chi connectivity index (χ1n) is 10.3. The number of nitrogens with zero attached hydrogens (tertiary/aromatic N) is 3. The Labute approximate surface area is 185 Å². The van der Waals surface area contributed by atoms with Crippen molar-refractivity contribution in [2.24, 2.45) is 10.9 Å². The number of amidine groups is 1. The van der Waals surface area contributed by atoms with E-state index in [-0.39, 0.29) is 17.6 Å². The molecule has 2 N–H and O–H groups in total. The molecule has 0 atom stereocenters. The van der Waals surface area contributed by atoms with E-state index < -0.39 is 5.82 Å². The second-order valence-electron chi connectivity index (χ2n) is 7.85. The minimum Gasteiger partial charge on any atom is -0.351 e. The van der Waals surface area contributed by atoms with E-state index in [1.54, 1.807) is 43.4 Å². The Morgan fingerprint density at radius 1 is 1.34 bits per heavy atom. The van der Waals surface area contributed by atoms with Crippen LogP contribution in [0.3, 0.4) is 0 Å². The lowest BCUT2D eigenvalue weighted by atomic mass is 10.1. The standard InChI is InChI=1S/C24H24FN5O2/c1-5-30(4)23(26-3)15-8-9-16(19(25)10-15)20-11-17-18(13(2)31)12-27-22(21(17)28-20)29-24(32)14-6-7-14/h5,8-12,14,28H,1,6-7H2,2-4H3,(H,27,29,32). The van der Waals surface area contributed by atoms with Gasteiger partial charge in [0.05, 0.1) is 5.52 Å². The Morgan fingerprint density at radius 3 is 2.69 bits per heavy atom. The molecule has 2 aromatic heterocycles. The van der Waals surface area contributed by atoms with E-state index in [1.165, 1.54) is 19.2 Å². The predicted molar refractivity (Wildman–Crippen MR) is 123 cm³/mol. The summed E-state index contributed by atoms with van der Waals surface area (Å²) in [5.41, 5.74) is 2.31. The number of Topliss-reactive ketones (excluding diaryl/α,β-unsaturated/α-hetero) is 1. The van der Waals surface area contributed by atoms with Crippen molar-refractivity contribution < 1.29 is 14.0 Å². The van der Waals surface area contributed by atoms with Gasteiger partial charge in [0.15, 0.2) is 11.6 Å². The minimum atomic E-state index is -0.450. The number of nitrogens with one attached hydrogen (secondary N) is 2. The van der Waals surface area contributed by atoms with Crippen LogP contribution >= 0.6 is 0 Å². The fourth-order valence-corrected chi connectivity index (χ4v) is 3.65. The largest absolute Gasteiger partial charge is 0.351 e. The number of anilines is 1. The molecule has 1 aromatic carbocycles. The number of aromatic amines is 1. The summed E-state index contributed by atoms with van der Waals surface area (Å²) in [7, 11) is 3.42. The summed E-state index contributed by atoms with van der Waals surface area (Å²) in [6.07, 6.45) is 4.76. The summed E-state index contributed by atoms with van der Waals surface area (Å²) in [6.45, 7) is 5.16.